The molecule has 41 heavy (non-hydrogen) atoms. The first kappa shape index (κ1) is 28.7. The van der Waals surface area contributed by atoms with Crippen molar-refractivity contribution in [2.45, 2.75) is 44.2 Å². The summed E-state index contributed by atoms with van der Waals surface area (Å²) < 4.78 is 86.8. The van der Waals surface area contributed by atoms with Crippen molar-refractivity contribution >= 4 is 11.7 Å². The molecular formula is C29H28F6N4O2. The molecule has 1 fully saturated rings. The molecule has 0 bridgehead atoms. The number of carbonyl (C=O) groups excluding carboxylic acids is 1. The Balaban J connectivity index is 1.57. The first-order chi connectivity index (χ1) is 19.4. The summed E-state index contributed by atoms with van der Waals surface area (Å²) in [5.41, 5.74) is 4.24. The van der Waals surface area contributed by atoms with E-state index < -0.39 is 35.9 Å². The lowest BCUT2D eigenvalue weighted by molar-refractivity contribution is -0.143. The van der Waals surface area contributed by atoms with Gasteiger partial charge in [0.2, 0.25) is 5.88 Å². The Morgan fingerprint density at radius 2 is 1.54 bits per heavy atom. The molecule has 0 spiro atoms. The van der Waals surface area contributed by atoms with Crippen LogP contribution in [0.1, 0.15) is 46.3 Å². The number of fused-ring (bicyclic) bond motifs is 1. The molecule has 0 atom stereocenters. The molecule has 2 N–H and O–H groups in total. The molecule has 1 saturated heterocycles. The van der Waals surface area contributed by atoms with E-state index in [-0.39, 0.29) is 42.3 Å². The lowest BCUT2D eigenvalue weighted by Gasteiger charge is -2.33. The zero-order valence-electron chi connectivity index (χ0n) is 21.9. The van der Waals surface area contributed by atoms with E-state index in [0.717, 1.165) is 12.8 Å². The second-order valence-corrected chi connectivity index (χ2v) is 10.2. The van der Waals surface area contributed by atoms with E-state index in [4.69, 9.17) is 10.5 Å². The average molecular weight is 579 g/mol. The highest BCUT2D eigenvalue weighted by Gasteiger charge is 2.37. The molecule has 12 heteroatoms. The predicted molar refractivity (Wildman–Crippen MR) is 140 cm³/mol. The maximum Gasteiger partial charge on any atom is 0.416 e. The summed E-state index contributed by atoms with van der Waals surface area (Å²) in [5.74, 6) is 0.0808. The summed E-state index contributed by atoms with van der Waals surface area (Å²) >= 11 is 0. The largest absolute Gasteiger partial charge is 0.477 e. The molecule has 218 valence electrons. The number of pyridine rings is 1. The highest BCUT2D eigenvalue weighted by molar-refractivity contribution is 6.03. The van der Waals surface area contributed by atoms with E-state index in [1.807, 2.05) is 18.2 Å². The van der Waals surface area contributed by atoms with Crippen LogP contribution in [0.15, 0.2) is 54.6 Å². The van der Waals surface area contributed by atoms with Crippen LogP contribution in [0.5, 0.6) is 5.88 Å². The number of carbonyl (C=O) groups is 1. The zero-order valence-corrected chi connectivity index (χ0v) is 21.9. The van der Waals surface area contributed by atoms with Crippen LogP contribution in [0, 0.1) is 0 Å². The van der Waals surface area contributed by atoms with Crippen LogP contribution in [0.3, 0.4) is 0 Å². The Morgan fingerprint density at radius 1 is 0.902 bits per heavy atom. The third-order valence-electron chi connectivity index (χ3n) is 7.25. The SMILES string of the molecule is NC1CCN(c2cc(-c3ccccc3)c3c(n2)OCCCN(Cc2cc(C(F)(F)F)cc(C(F)(F)F)c2)C3=O)CC1. The summed E-state index contributed by atoms with van der Waals surface area (Å²) in [4.78, 5) is 22.0. The Labute approximate surface area is 232 Å². The van der Waals surface area contributed by atoms with Crippen LogP contribution in [-0.4, -0.2) is 48.1 Å². The van der Waals surface area contributed by atoms with Gasteiger partial charge in [-0.05, 0) is 54.7 Å². The fourth-order valence-corrected chi connectivity index (χ4v) is 5.12. The molecule has 1 amide bonds. The van der Waals surface area contributed by atoms with Gasteiger partial charge in [-0.2, -0.15) is 31.3 Å². The van der Waals surface area contributed by atoms with Gasteiger partial charge in [-0.15, -0.1) is 0 Å². The number of rotatable bonds is 4. The summed E-state index contributed by atoms with van der Waals surface area (Å²) in [7, 11) is 0. The highest BCUT2D eigenvalue weighted by Crippen LogP contribution is 2.38. The molecule has 3 aromatic rings. The maximum atomic E-state index is 14.0. The van der Waals surface area contributed by atoms with E-state index in [1.54, 1.807) is 18.2 Å². The van der Waals surface area contributed by atoms with Gasteiger partial charge in [-0.3, -0.25) is 4.79 Å². The highest BCUT2D eigenvalue weighted by atomic mass is 19.4. The van der Waals surface area contributed by atoms with E-state index in [9.17, 15) is 31.1 Å². The Hall–Kier alpha value is -3.80. The fraction of sp³-hybridized carbons (Fsp3) is 0.379. The molecule has 6 nitrogen and oxygen atoms in total. The number of piperidine rings is 1. The Bertz CT molecular complexity index is 1370. The monoisotopic (exact) mass is 578 g/mol. The maximum absolute atomic E-state index is 14.0. The molecule has 3 heterocycles. The van der Waals surface area contributed by atoms with Gasteiger partial charge in [-0.1, -0.05) is 30.3 Å². The van der Waals surface area contributed by atoms with Gasteiger partial charge < -0.3 is 20.3 Å². The number of anilines is 1. The molecule has 0 unspecified atom stereocenters. The van der Waals surface area contributed by atoms with E-state index in [0.29, 0.717) is 48.6 Å². The number of amides is 1. The number of nitrogens with zero attached hydrogens (tertiary/aromatic N) is 3. The standard InChI is InChI=1S/C29H28F6N4O2/c30-28(31,32)20-13-18(14-21(15-20)29(33,34)35)17-39-9-4-12-41-26-25(27(39)40)23(19-5-2-1-3-6-19)16-24(37-26)38-10-7-22(36)8-11-38/h1-3,5-6,13-16,22H,4,7-12,17,36H2. The molecule has 2 aromatic carbocycles. The molecular weight excluding hydrogens is 550 g/mol. The molecule has 0 aliphatic carbocycles. The second kappa shape index (κ2) is 11.2. The van der Waals surface area contributed by atoms with Crippen LogP contribution in [0.25, 0.3) is 11.1 Å². The Morgan fingerprint density at radius 3 is 2.15 bits per heavy atom. The molecule has 0 radical (unpaired) electrons. The lowest BCUT2D eigenvalue weighted by atomic mass is 9.98. The quantitative estimate of drug-likeness (QED) is 0.377. The summed E-state index contributed by atoms with van der Waals surface area (Å²) in [6.45, 7) is 1.10. The van der Waals surface area contributed by atoms with Crippen molar-refractivity contribution in [1.82, 2.24) is 9.88 Å². The third-order valence-corrected chi connectivity index (χ3v) is 7.25. The third kappa shape index (κ3) is 6.42. The molecule has 5 rings (SSSR count). The number of benzene rings is 2. The van der Waals surface area contributed by atoms with Crippen molar-refractivity contribution in [2.24, 2.45) is 5.73 Å². The van der Waals surface area contributed by atoms with Crippen LogP contribution in [0.4, 0.5) is 32.2 Å². The minimum absolute atomic E-state index is 0.0653. The summed E-state index contributed by atoms with van der Waals surface area (Å²) in [6, 6.07) is 12.3. The van der Waals surface area contributed by atoms with Crippen LogP contribution < -0.4 is 15.4 Å². The van der Waals surface area contributed by atoms with Crippen molar-refractivity contribution in [1.29, 1.82) is 0 Å². The van der Waals surface area contributed by atoms with Crippen LogP contribution in [-0.2, 0) is 18.9 Å². The number of nitrogens with two attached hydrogens (primary N) is 1. The number of hydrogen-bond donors (Lipinski definition) is 1. The van der Waals surface area contributed by atoms with Gasteiger partial charge in [0.25, 0.3) is 5.91 Å². The molecule has 0 saturated carbocycles. The first-order valence-corrected chi connectivity index (χ1v) is 13.2. The number of ether oxygens (including phenoxy) is 1. The fourth-order valence-electron chi connectivity index (χ4n) is 5.12. The molecule has 2 aliphatic rings. The van der Waals surface area contributed by atoms with Crippen molar-refractivity contribution in [2.75, 3.05) is 31.1 Å². The van der Waals surface area contributed by atoms with Gasteiger partial charge >= 0.3 is 12.4 Å². The smallest absolute Gasteiger partial charge is 0.416 e. The number of aromatic nitrogens is 1. The zero-order chi connectivity index (χ0) is 29.4. The van der Waals surface area contributed by atoms with Crippen molar-refractivity contribution in [3.8, 4) is 17.0 Å². The number of halogens is 6. The van der Waals surface area contributed by atoms with Crippen molar-refractivity contribution in [3.05, 3.63) is 76.9 Å². The minimum atomic E-state index is -4.99. The van der Waals surface area contributed by atoms with Crippen molar-refractivity contribution < 1.29 is 35.9 Å². The molecule has 2 aliphatic heterocycles. The first-order valence-electron chi connectivity index (χ1n) is 13.2. The topological polar surface area (TPSA) is 71.7 Å². The lowest BCUT2D eigenvalue weighted by Crippen LogP contribution is -2.40. The van der Waals surface area contributed by atoms with E-state index >= 15 is 0 Å². The van der Waals surface area contributed by atoms with E-state index in [1.165, 1.54) is 4.90 Å². The van der Waals surface area contributed by atoms with Crippen LogP contribution >= 0.6 is 0 Å². The van der Waals surface area contributed by atoms with Gasteiger partial charge in [0.1, 0.15) is 11.4 Å². The summed E-state index contributed by atoms with van der Waals surface area (Å²) in [6.07, 6.45) is -8.14. The molecule has 1 aromatic heterocycles. The van der Waals surface area contributed by atoms with E-state index in [2.05, 4.69) is 9.88 Å². The second-order valence-electron chi connectivity index (χ2n) is 10.2. The summed E-state index contributed by atoms with van der Waals surface area (Å²) in [5, 5.41) is 0. The predicted octanol–water partition coefficient (Wildman–Crippen LogP) is 6.14. The van der Waals surface area contributed by atoms with Crippen LogP contribution in [0.2, 0.25) is 0 Å². The normalized spacial score (nSPS) is 17.1. The van der Waals surface area contributed by atoms with Gasteiger partial charge in [0.05, 0.1) is 17.7 Å². The number of alkyl halides is 6. The average Bonchev–Trinajstić information content (AvgIpc) is 2.93. The number of hydrogen-bond acceptors (Lipinski definition) is 5. The Kier molecular flexibility index (Phi) is 7.87. The van der Waals surface area contributed by atoms with Crippen molar-refractivity contribution in [3.63, 3.8) is 0 Å². The van der Waals surface area contributed by atoms with Gasteiger partial charge in [0, 0.05) is 37.8 Å². The van der Waals surface area contributed by atoms with Gasteiger partial charge in [-0.25, -0.2) is 0 Å². The van der Waals surface area contributed by atoms with Gasteiger partial charge in [0.15, 0.2) is 0 Å². The minimum Gasteiger partial charge on any atom is -0.477 e.